The standard InChI is InChI=1S/C32H46N4O2/c1-27-13-15-29(23-27)25-33-35(31-9-5-3-6-10-31)17-19-37-21-22-38-20-18-36(32-11-7-4-8-12-32)34-26-30-16-14-28(2)24-30/h3-12,25-30H,13-24H2,1-2H3/b33-25+,34-26+. The first-order valence-corrected chi connectivity index (χ1v) is 14.6. The van der Waals surface area contributed by atoms with Gasteiger partial charge < -0.3 is 9.47 Å². The number of hydrogen-bond acceptors (Lipinski definition) is 6. The second kappa shape index (κ2) is 15.6. The van der Waals surface area contributed by atoms with Gasteiger partial charge in [0.05, 0.1) is 50.9 Å². The van der Waals surface area contributed by atoms with E-state index in [0.717, 1.165) is 36.3 Å². The smallest absolute Gasteiger partial charge is 0.0701 e. The average molecular weight is 519 g/mol. The Morgan fingerprint density at radius 3 is 1.42 bits per heavy atom. The quantitative estimate of drug-likeness (QED) is 0.147. The molecular weight excluding hydrogens is 472 g/mol. The van der Waals surface area contributed by atoms with Crippen LogP contribution < -0.4 is 10.0 Å². The van der Waals surface area contributed by atoms with Crippen molar-refractivity contribution in [3.63, 3.8) is 0 Å². The Morgan fingerprint density at radius 1 is 0.632 bits per heavy atom. The van der Waals surface area contributed by atoms with Gasteiger partial charge in [0.15, 0.2) is 0 Å². The Hall–Kier alpha value is -2.70. The molecule has 2 aromatic rings. The third kappa shape index (κ3) is 9.55. The predicted molar refractivity (Wildman–Crippen MR) is 159 cm³/mol. The Kier molecular flexibility index (Phi) is 11.7. The number of ether oxygens (including phenoxy) is 2. The summed E-state index contributed by atoms with van der Waals surface area (Å²) in [5, 5.41) is 13.8. The van der Waals surface area contributed by atoms with E-state index < -0.39 is 0 Å². The molecule has 0 saturated heterocycles. The lowest BCUT2D eigenvalue weighted by Gasteiger charge is -2.20. The highest BCUT2D eigenvalue weighted by molar-refractivity contribution is 5.64. The number of nitrogens with zero attached hydrogens (tertiary/aromatic N) is 4. The van der Waals surface area contributed by atoms with Gasteiger partial charge in [0, 0.05) is 12.4 Å². The van der Waals surface area contributed by atoms with Gasteiger partial charge in [0.25, 0.3) is 0 Å². The molecule has 0 aliphatic heterocycles. The van der Waals surface area contributed by atoms with Crippen LogP contribution in [0.15, 0.2) is 70.9 Å². The number of hydrazone groups is 2. The van der Waals surface area contributed by atoms with E-state index in [4.69, 9.17) is 19.7 Å². The molecular formula is C32H46N4O2. The second-order valence-electron chi connectivity index (χ2n) is 11.0. The first kappa shape index (κ1) is 28.3. The summed E-state index contributed by atoms with van der Waals surface area (Å²) in [6.45, 7) is 8.47. The molecule has 2 aromatic carbocycles. The van der Waals surface area contributed by atoms with E-state index in [-0.39, 0.29) is 0 Å². The minimum absolute atomic E-state index is 0.570. The van der Waals surface area contributed by atoms with Crippen LogP contribution in [0.5, 0.6) is 0 Å². The van der Waals surface area contributed by atoms with Crippen LogP contribution in [0, 0.1) is 23.7 Å². The molecule has 4 rings (SSSR count). The molecule has 2 fully saturated rings. The van der Waals surface area contributed by atoms with Gasteiger partial charge in [0.2, 0.25) is 0 Å². The molecule has 6 heteroatoms. The van der Waals surface area contributed by atoms with Crippen molar-refractivity contribution in [1.29, 1.82) is 0 Å². The molecule has 38 heavy (non-hydrogen) atoms. The summed E-state index contributed by atoms with van der Waals surface area (Å²) >= 11 is 0. The Labute approximate surface area is 229 Å². The van der Waals surface area contributed by atoms with E-state index in [9.17, 15) is 0 Å². The molecule has 0 bridgehead atoms. The minimum atomic E-state index is 0.570. The summed E-state index contributed by atoms with van der Waals surface area (Å²) in [6, 6.07) is 20.7. The molecule has 4 unspecified atom stereocenters. The fourth-order valence-electron chi connectivity index (χ4n) is 5.45. The highest BCUT2D eigenvalue weighted by Crippen LogP contribution is 2.30. The lowest BCUT2D eigenvalue weighted by Crippen LogP contribution is -2.25. The maximum absolute atomic E-state index is 5.91. The maximum Gasteiger partial charge on any atom is 0.0701 e. The molecule has 0 aromatic heterocycles. The molecule has 206 valence electrons. The number of para-hydroxylation sites is 2. The van der Waals surface area contributed by atoms with Crippen LogP contribution in [0.3, 0.4) is 0 Å². The minimum Gasteiger partial charge on any atom is -0.377 e. The largest absolute Gasteiger partial charge is 0.377 e. The Morgan fingerprint density at radius 2 is 1.05 bits per heavy atom. The van der Waals surface area contributed by atoms with Gasteiger partial charge in [0.1, 0.15) is 0 Å². The van der Waals surface area contributed by atoms with Gasteiger partial charge in [-0.2, -0.15) is 10.2 Å². The van der Waals surface area contributed by atoms with E-state index >= 15 is 0 Å². The van der Waals surface area contributed by atoms with Crippen LogP contribution in [-0.2, 0) is 9.47 Å². The lowest BCUT2D eigenvalue weighted by atomic mass is 10.1. The van der Waals surface area contributed by atoms with Gasteiger partial charge >= 0.3 is 0 Å². The summed E-state index contributed by atoms with van der Waals surface area (Å²) in [4.78, 5) is 0. The van der Waals surface area contributed by atoms with Crippen LogP contribution in [0.25, 0.3) is 0 Å². The SMILES string of the molecule is CC1CCC(/C=N/N(CCOCCOCCN(/N=C/C2CCC(C)C2)c2ccccc2)c2ccccc2)C1. The summed E-state index contributed by atoms with van der Waals surface area (Å²) in [6.07, 6.45) is 11.9. The Balaban J connectivity index is 1.16. The van der Waals surface area contributed by atoms with Gasteiger partial charge in [-0.25, -0.2) is 0 Å². The third-order valence-corrected chi connectivity index (χ3v) is 7.68. The zero-order valence-electron chi connectivity index (χ0n) is 23.3. The summed E-state index contributed by atoms with van der Waals surface area (Å²) in [5.41, 5.74) is 2.20. The average Bonchev–Trinajstić information content (AvgIpc) is 3.57. The molecule has 2 saturated carbocycles. The number of rotatable bonds is 15. The Bertz CT molecular complexity index is 888. The summed E-state index contributed by atoms with van der Waals surface area (Å²) < 4.78 is 11.8. The van der Waals surface area contributed by atoms with Crippen LogP contribution in [-0.4, -0.2) is 51.9 Å². The van der Waals surface area contributed by atoms with E-state index in [1.165, 1.54) is 38.5 Å². The van der Waals surface area contributed by atoms with Crippen molar-refractivity contribution in [2.24, 2.45) is 33.9 Å². The molecule has 0 heterocycles. The molecule has 4 atom stereocenters. The molecule has 0 radical (unpaired) electrons. The van der Waals surface area contributed by atoms with Crippen molar-refractivity contribution in [2.75, 3.05) is 49.5 Å². The van der Waals surface area contributed by atoms with Crippen molar-refractivity contribution in [1.82, 2.24) is 0 Å². The lowest BCUT2D eigenvalue weighted by molar-refractivity contribution is 0.0529. The van der Waals surface area contributed by atoms with Gasteiger partial charge in [-0.3, -0.25) is 10.0 Å². The van der Waals surface area contributed by atoms with E-state index in [1.807, 2.05) is 12.1 Å². The molecule has 0 N–H and O–H groups in total. The van der Waals surface area contributed by atoms with Crippen molar-refractivity contribution in [3.05, 3.63) is 60.7 Å². The summed E-state index contributed by atoms with van der Waals surface area (Å²) in [5.74, 6) is 2.80. The topological polar surface area (TPSA) is 49.7 Å². The fraction of sp³-hybridized carbons (Fsp3) is 0.562. The zero-order valence-corrected chi connectivity index (χ0v) is 23.3. The maximum atomic E-state index is 5.91. The molecule has 0 amide bonds. The van der Waals surface area contributed by atoms with E-state index in [2.05, 4.69) is 84.8 Å². The van der Waals surface area contributed by atoms with Crippen molar-refractivity contribution in [3.8, 4) is 0 Å². The van der Waals surface area contributed by atoms with Crippen molar-refractivity contribution in [2.45, 2.75) is 52.4 Å². The van der Waals surface area contributed by atoms with Gasteiger partial charge in [-0.15, -0.1) is 0 Å². The molecule has 2 aliphatic carbocycles. The van der Waals surface area contributed by atoms with Crippen LogP contribution in [0.2, 0.25) is 0 Å². The van der Waals surface area contributed by atoms with Gasteiger partial charge in [-0.1, -0.05) is 63.1 Å². The zero-order chi connectivity index (χ0) is 26.4. The fourth-order valence-corrected chi connectivity index (χ4v) is 5.45. The normalized spacial score (nSPS) is 23.5. The highest BCUT2D eigenvalue weighted by Gasteiger charge is 2.21. The number of benzene rings is 2. The van der Waals surface area contributed by atoms with Crippen LogP contribution in [0.1, 0.15) is 52.4 Å². The molecule has 2 aliphatic rings. The van der Waals surface area contributed by atoms with Gasteiger partial charge in [-0.05, 0) is 73.6 Å². The van der Waals surface area contributed by atoms with E-state index in [0.29, 0.717) is 38.3 Å². The number of hydrogen-bond donors (Lipinski definition) is 0. The first-order chi connectivity index (χ1) is 18.7. The summed E-state index contributed by atoms with van der Waals surface area (Å²) in [7, 11) is 0. The second-order valence-corrected chi connectivity index (χ2v) is 11.0. The third-order valence-electron chi connectivity index (χ3n) is 7.68. The predicted octanol–water partition coefficient (Wildman–Crippen LogP) is 6.88. The molecule has 0 spiro atoms. The monoisotopic (exact) mass is 518 g/mol. The van der Waals surface area contributed by atoms with Crippen LogP contribution >= 0.6 is 0 Å². The van der Waals surface area contributed by atoms with Crippen molar-refractivity contribution >= 4 is 23.8 Å². The van der Waals surface area contributed by atoms with Crippen LogP contribution in [0.4, 0.5) is 11.4 Å². The first-order valence-electron chi connectivity index (χ1n) is 14.6. The van der Waals surface area contributed by atoms with Crippen molar-refractivity contribution < 1.29 is 9.47 Å². The van der Waals surface area contributed by atoms with E-state index in [1.54, 1.807) is 0 Å². The molecule has 6 nitrogen and oxygen atoms in total. The highest BCUT2D eigenvalue weighted by atomic mass is 16.5. The number of anilines is 2.